The highest BCUT2D eigenvalue weighted by Gasteiger charge is 2.21. The molecule has 2 heterocycles. The number of nitrogens with zero attached hydrogens (tertiary/aromatic N) is 5. The van der Waals surface area contributed by atoms with E-state index in [-0.39, 0.29) is 34.7 Å². The highest BCUT2D eigenvalue weighted by atomic mass is 35.5. The number of hydrogen-bond donors (Lipinski definition) is 1. The van der Waals surface area contributed by atoms with Gasteiger partial charge in [0.25, 0.3) is 11.9 Å². The molecule has 0 saturated heterocycles. The van der Waals surface area contributed by atoms with Crippen LogP contribution in [0.5, 0.6) is 0 Å². The maximum absolute atomic E-state index is 12.7. The Bertz CT molecular complexity index is 1110. The zero-order valence-corrected chi connectivity index (χ0v) is 18.1. The number of halogens is 1. The molecular formula is C17H19ClN6O3S2. The number of rotatable bonds is 6. The fourth-order valence-electron chi connectivity index (χ4n) is 2.48. The summed E-state index contributed by atoms with van der Waals surface area (Å²) in [5, 5.41) is 7.01. The van der Waals surface area contributed by atoms with Crippen molar-refractivity contribution in [2.24, 2.45) is 0 Å². The smallest absolute Gasteiger partial charge is 0.252 e. The van der Waals surface area contributed by atoms with Crippen molar-refractivity contribution in [1.82, 2.24) is 30.0 Å². The van der Waals surface area contributed by atoms with E-state index in [9.17, 15) is 13.2 Å². The van der Waals surface area contributed by atoms with E-state index in [1.165, 1.54) is 36.1 Å². The van der Waals surface area contributed by atoms with Crippen molar-refractivity contribution >= 4 is 40.8 Å². The van der Waals surface area contributed by atoms with Gasteiger partial charge in [-0.05, 0) is 31.2 Å². The minimum atomic E-state index is -3.50. The number of sulfone groups is 1. The van der Waals surface area contributed by atoms with Gasteiger partial charge in [0.05, 0.1) is 16.7 Å². The molecule has 0 fully saturated rings. The second kappa shape index (κ2) is 9.33. The van der Waals surface area contributed by atoms with Crippen LogP contribution in [0.1, 0.15) is 36.1 Å². The molecule has 0 aliphatic rings. The molecule has 2 aromatic heterocycles. The zero-order valence-electron chi connectivity index (χ0n) is 15.6. The van der Waals surface area contributed by atoms with E-state index in [1.807, 2.05) is 0 Å². The number of amides is 1. The van der Waals surface area contributed by atoms with Gasteiger partial charge in [0, 0.05) is 23.0 Å². The Labute approximate surface area is 179 Å². The van der Waals surface area contributed by atoms with Crippen LogP contribution in [-0.4, -0.2) is 44.8 Å². The summed E-state index contributed by atoms with van der Waals surface area (Å²) in [6, 6.07) is 5.15. The molecule has 1 aromatic carbocycles. The van der Waals surface area contributed by atoms with Gasteiger partial charge in [0.1, 0.15) is 6.33 Å². The van der Waals surface area contributed by atoms with Gasteiger partial charge >= 0.3 is 0 Å². The molecule has 0 saturated carbocycles. The van der Waals surface area contributed by atoms with Crippen LogP contribution in [0.15, 0.2) is 47.9 Å². The van der Waals surface area contributed by atoms with Gasteiger partial charge in [-0.3, -0.25) is 4.79 Å². The summed E-state index contributed by atoms with van der Waals surface area (Å²) in [5.41, 5.74) is 0.133. The number of carbonyl (C=O) groups excluding carboxylic acids is 1. The highest BCUT2D eigenvalue weighted by molar-refractivity contribution is 7.91. The van der Waals surface area contributed by atoms with Crippen LogP contribution in [0.2, 0.25) is 5.02 Å². The van der Waals surface area contributed by atoms with Crippen LogP contribution in [0.3, 0.4) is 0 Å². The SMILES string of the molecule is CCS(=O)(=O)c1cc(Cl)cc(C(=O)N[C@H](C)c2ncnn2-c2ncccn2)c1.S. The molecule has 3 aromatic rings. The molecule has 3 rings (SSSR count). The Morgan fingerprint density at radius 3 is 2.55 bits per heavy atom. The molecular weight excluding hydrogens is 436 g/mol. The third-order valence-corrected chi connectivity index (χ3v) is 5.86. The summed E-state index contributed by atoms with van der Waals surface area (Å²) >= 11 is 6.01. The third-order valence-electron chi connectivity index (χ3n) is 3.92. The van der Waals surface area contributed by atoms with Gasteiger partial charge in [-0.2, -0.15) is 23.3 Å². The van der Waals surface area contributed by atoms with E-state index in [4.69, 9.17) is 11.6 Å². The first-order valence-electron chi connectivity index (χ1n) is 8.33. The largest absolute Gasteiger partial charge is 0.342 e. The standard InChI is InChI=1S/C17H17ClN6O3S.H2S/c1-3-28(26,27)14-8-12(7-13(18)9-14)16(25)23-11(2)15-21-10-22-24(15)17-19-5-4-6-20-17;/h4-11H,3H2,1-2H3,(H,23,25);1H2/t11-;/m1./s1. The van der Waals surface area contributed by atoms with Crippen LogP contribution in [0.4, 0.5) is 0 Å². The fraction of sp³-hybridized carbons (Fsp3) is 0.235. The number of hydrogen-bond acceptors (Lipinski definition) is 7. The van der Waals surface area contributed by atoms with Crippen molar-refractivity contribution < 1.29 is 13.2 Å². The fourth-order valence-corrected chi connectivity index (χ4v) is 3.73. The van der Waals surface area contributed by atoms with E-state index < -0.39 is 21.8 Å². The lowest BCUT2D eigenvalue weighted by molar-refractivity contribution is 0.0937. The van der Waals surface area contributed by atoms with Crippen molar-refractivity contribution in [3.8, 4) is 5.95 Å². The molecule has 1 N–H and O–H groups in total. The first kappa shape index (κ1) is 22.8. The van der Waals surface area contributed by atoms with Crippen molar-refractivity contribution in [3.05, 3.63) is 59.4 Å². The third kappa shape index (κ3) is 5.11. The molecule has 0 bridgehead atoms. The average molecular weight is 455 g/mol. The second-order valence-corrected chi connectivity index (χ2v) is 8.57. The Kier molecular flexibility index (Phi) is 7.33. The van der Waals surface area contributed by atoms with E-state index in [1.54, 1.807) is 25.4 Å². The Hall–Kier alpha value is -2.50. The molecule has 1 atom stereocenters. The number of nitrogens with one attached hydrogen (secondary N) is 1. The molecule has 0 radical (unpaired) electrons. The Morgan fingerprint density at radius 2 is 1.90 bits per heavy atom. The van der Waals surface area contributed by atoms with E-state index in [0.29, 0.717) is 11.8 Å². The van der Waals surface area contributed by atoms with Gasteiger partial charge in [0.2, 0.25) is 0 Å². The lowest BCUT2D eigenvalue weighted by atomic mass is 10.2. The number of carbonyl (C=O) groups is 1. The second-order valence-electron chi connectivity index (χ2n) is 5.85. The zero-order chi connectivity index (χ0) is 20.3. The van der Waals surface area contributed by atoms with Gasteiger partial charge in [-0.1, -0.05) is 18.5 Å². The summed E-state index contributed by atoms with van der Waals surface area (Å²) < 4.78 is 25.6. The van der Waals surface area contributed by atoms with Crippen LogP contribution >= 0.6 is 25.1 Å². The molecule has 9 nitrogen and oxygen atoms in total. The first-order chi connectivity index (χ1) is 13.3. The highest BCUT2D eigenvalue weighted by Crippen LogP contribution is 2.21. The molecule has 1 amide bonds. The summed E-state index contributed by atoms with van der Waals surface area (Å²) in [6.07, 6.45) is 4.47. The summed E-state index contributed by atoms with van der Waals surface area (Å²) in [5.74, 6) is 0.148. The summed E-state index contributed by atoms with van der Waals surface area (Å²) in [4.78, 5) is 25.1. The van der Waals surface area contributed by atoms with Crippen LogP contribution in [0.25, 0.3) is 5.95 Å². The minimum Gasteiger partial charge on any atom is -0.342 e. The Morgan fingerprint density at radius 1 is 1.21 bits per heavy atom. The van der Waals surface area contributed by atoms with Crippen LogP contribution in [0, 0.1) is 0 Å². The molecule has 29 heavy (non-hydrogen) atoms. The van der Waals surface area contributed by atoms with Gasteiger partial charge in [-0.25, -0.2) is 23.4 Å². The number of benzene rings is 1. The van der Waals surface area contributed by atoms with Crippen LogP contribution in [-0.2, 0) is 9.84 Å². The van der Waals surface area contributed by atoms with E-state index in [2.05, 4.69) is 25.4 Å². The van der Waals surface area contributed by atoms with Crippen molar-refractivity contribution in [2.45, 2.75) is 24.8 Å². The monoisotopic (exact) mass is 454 g/mol. The Balaban J connectivity index is 0.00000300. The predicted octanol–water partition coefficient (Wildman–Crippen LogP) is 2.11. The van der Waals surface area contributed by atoms with Gasteiger partial charge < -0.3 is 5.32 Å². The quantitative estimate of drug-likeness (QED) is 0.605. The average Bonchev–Trinajstić information content (AvgIpc) is 3.18. The molecule has 0 aliphatic carbocycles. The van der Waals surface area contributed by atoms with E-state index >= 15 is 0 Å². The van der Waals surface area contributed by atoms with Crippen LogP contribution < -0.4 is 5.32 Å². The maximum atomic E-state index is 12.7. The minimum absolute atomic E-state index is 0. The lowest BCUT2D eigenvalue weighted by Crippen LogP contribution is -2.29. The molecule has 0 aliphatic heterocycles. The van der Waals surface area contributed by atoms with Gasteiger partial charge in [-0.15, -0.1) is 0 Å². The molecule has 0 spiro atoms. The van der Waals surface area contributed by atoms with Crippen molar-refractivity contribution in [2.75, 3.05) is 5.75 Å². The van der Waals surface area contributed by atoms with E-state index in [0.717, 1.165) is 0 Å². The number of aromatic nitrogens is 5. The molecule has 154 valence electrons. The van der Waals surface area contributed by atoms with Crippen molar-refractivity contribution in [1.29, 1.82) is 0 Å². The first-order valence-corrected chi connectivity index (χ1v) is 10.4. The lowest BCUT2D eigenvalue weighted by Gasteiger charge is -2.14. The summed E-state index contributed by atoms with van der Waals surface area (Å²) in [6.45, 7) is 3.24. The van der Waals surface area contributed by atoms with Gasteiger partial charge in [0.15, 0.2) is 15.7 Å². The predicted molar refractivity (Wildman–Crippen MR) is 112 cm³/mol. The molecule has 0 unspecified atom stereocenters. The molecule has 12 heteroatoms. The topological polar surface area (TPSA) is 120 Å². The normalized spacial score (nSPS) is 12.1. The summed E-state index contributed by atoms with van der Waals surface area (Å²) in [7, 11) is -3.50. The van der Waals surface area contributed by atoms with Crippen molar-refractivity contribution in [3.63, 3.8) is 0 Å². The maximum Gasteiger partial charge on any atom is 0.252 e.